The quantitative estimate of drug-likeness (QED) is 0.138. The van der Waals surface area contributed by atoms with Gasteiger partial charge in [-0.3, -0.25) is 4.79 Å². The summed E-state index contributed by atoms with van der Waals surface area (Å²) in [5, 5.41) is 0. The van der Waals surface area contributed by atoms with Crippen molar-refractivity contribution in [2.75, 3.05) is 11.5 Å². The molecule has 0 aliphatic carbocycles. The van der Waals surface area contributed by atoms with Gasteiger partial charge < -0.3 is 9.80 Å². The summed E-state index contributed by atoms with van der Waals surface area (Å²) in [6, 6.07) is 21.2. The van der Waals surface area contributed by atoms with Crippen molar-refractivity contribution in [3.63, 3.8) is 0 Å². The van der Waals surface area contributed by atoms with E-state index < -0.39 is 0 Å². The van der Waals surface area contributed by atoms with Crippen LogP contribution in [0.15, 0.2) is 82.6 Å². The van der Waals surface area contributed by atoms with Crippen molar-refractivity contribution in [3.05, 3.63) is 93.8 Å². The summed E-state index contributed by atoms with van der Waals surface area (Å²) in [7, 11) is 0. The molecule has 2 aromatic carbocycles. The predicted molar refractivity (Wildman–Crippen MR) is 221 cm³/mol. The van der Waals surface area contributed by atoms with E-state index in [0.29, 0.717) is 30.5 Å². The lowest BCUT2D eigenvalue weighted by molar-refractivity contribution is -0.119. The Morgan fingerprint density at radius 2 is 1.06 bits per heavy atom. The molecule has 2 aromatic rings. The smallest absolute Gasteiger partial charge is 0.132 e. The van der Waals surface area contributed by atoms with Crippen LogP contribution in [0.25, 0.3) is 0 Å². The van der Waals surface area contributed by atoms with Gasteiger partial charge in [-0.15, -0.1) is 23.5 Å². The SMILES string of the molecule is CC(CCCCC(=O)CCCCC(C)(c1ccccc1)N1C(=S)C=C2SCCC2C1=S)(c1ccccc1)N1C(=S)C=C2SCCC2C1=S. The van der Waals surface area contributed by atoms with Gasteiger partial charge in [0.2, 0.25) is 0 Å². The Kier molecular flexibility index (Phi) is 11.8. The fraction of sp³-hybridized carbons (Fsp3) is 0.462. The second-order valence-corrected chi connectivity index (χ2v) is 17.7. The Hall–Kier alpha value is -1.75. The van der Waals surface area contributed by atoms with Crippen molar-refractivity contribution in [3.8, 4) is 0 Å². The summed E-state index contributed by atoms with van der Waals surface area (Å²) in [6.07, 6.45) is 13.1. The van der Waals surface area contributed by atoms with Gasteiger partial charge in [0.25, 0.3) is 0 Å². The molecule has 2 saturated heterocycles. The van der Waals surface area contributed by atoms with Crippen LogP contribution < -0.4 is 0 Å². The molecule has 0 saturated carbocycles. The monoisotopic (exact) mass is 748 g/mol. The van der Waals surface area contributed by atoms with E-state index in [1.165, 1.54) is 20.9 Å². The van der Waals surface area contributed by atoms with Gasteiger partial charge in [0.15, 0.2) is 0 Å². The minimum absolute atomic E-state index is 0.293. The molecule has 4 aliphatic rings. The highest BCUT2D eigenvalue weighted by molar-refractivity contribution is 8.03. The van der Waals surface area contributed by atoms with Crippen molar-refractivity contribution >= 4 is 98.1 Å². The van der Waals surface area contributed by atoms with Gasteiger partial charge in [0, 0.05) is 24.7 Å². The zero-order valence-corrected chi connectivity index (χ0v) is 32.7. The van der Waals surface area contributed by atoms with Crippen LogP contribution in [-0.2, 0) is 15.9 Å². The number of nitrogens with zero attached hydrogens (tertiary/aromatic N) is 2. The number of thioether (sulfide) groups is 2. The Balaban J connectivity index is 1.04. The third kappa shape index (κ3) is 7.33. The molecule has 0 radical (unpaired) electrons. The van der Waals surface area contributed by atoms with Crippen LogP contribution in [0.5, 0.6) is 0 Å². The first-order valence-electron chi connectivity index (χ1n) is 17.2. The number of carbonyl (C=O) groups is 1. The lowest BCUT2D eigenvalue weighted by Gasteiger charge is -2.46. The summed E-state index contributed by atoms with van der Waals surface area (Å²) in [5.74, 6) is 3.13. The van der Waals surface area contributed by atoms with Crippen LogP contribution in [-0.4, -0.2) is 47.0 Å². The molecule has 0 N–H and O–H groups in total. The van der Waals surface area contributed by atoms with Crippen molar-refractivity contribution in [2.24, 2.45) is 11.8 Å². The number of unbranched alkanes of at least 4 members (excludes halogenated alkanes) is 2. The second kappa shape index (κ2) is 15.6. The average molecular weight is 749 g/mol. The number of rotatable bonds is 14. The van der Waals surface area contributed by atoms with Crippen molar-refractivity contribution in [2.45, 2.75) is 89.1 Å². The van der Waals surface area contributed by atoms with Crippen LogP contribution in [0.4, 0.5) is 0 Å². The van der Waals surface area contributed by atoms with Gasteiger partial charge in [-0.05, 0) is 97.0 Å². The van der Waals surface area contributed by atoms with Crippen molar-refractivity contribution < 1.29 is 4.79 Å². The molecular weight excluding hydrogens is 705 g/mol. The molecule has 4 heterocycles. The standard InChI is InChI=1S/C39H44N2OS6/c1-38(27-13-5-3-6-14-27,40-34(43)25-32-30(36(40)45)19-23-47-32)21-11-9-17-29(42)18-10-12-22-39(2,28-15-7-4-8-16-28)41-35(44)26-33-31(37(41)46)20-24-48-33/h3-8,13-16,25-26,30-31H,9-12,17-24H2,1-2H3. The number of hydrogen-bond acceptors (Lipinski definition) is 7. The van der Waals surface area contributed by atoms with Crippen LogP contribution in [0.3, 0.4) is 0 Å². The minimum atomic E-state index is -0.349. The zero-order chi connectivity index (χ0) is 33.9. The molecule has 0 amide bonds. The normalized spacial score (nSPS) is 23.3. The van der Waals surface area contributed by atoms with Crippen LogP contribution in [0.2, 0.25) is 0 Å². The first-order valence-corrected chi connectivity index (χ1v) is 20.8. The molecule has 0 spiro atoms. The van der Waals surface area contributed by atoms with E-state index in [2.05, 4.69) is 96.5 Å². The highest BCUT2D eigenvalue weighted by atomic mass is 32.2. The van der Waals surface area contributed by atoms with Crippen molar-refractivity contribution in [1.29, 1.82) is 0 Å². The molecule has 4 unspecified atom stereocenters. The summed E-state index contributed by atoms with van der Waals surface area (Å²) in [6.45, 7) is 4.55. The molecule has 9 heteroatoms. The lowest BCUT2D eigenvalue weighted by atomic mass is 9.82. The first-order chi connectivity index (χ1) is 23.1. The predicted octanol–water partition coefficient (Wildman–Crippen LogP) is 10.7. The van der Waals surface area contributed by atoms with Gasteiger partial charge in [-0.2, -0.15) is 0 Å². The van der Waals surface area contributed by atoms with Gasteiger partial charge in [0.05, 0.1) is 21.1 Å². The van der Waals surface area contributed by atoms with E-state index in [4.69, 9.17) is 48.9 Å². The fourth-order valence-electron chi connectivity index (χ4n) is 7.80. The molecular formula is C39H44N2OS6. The Morgan fingerprint density at radius 1 is 0.667 bits per heavy atom. The van der Waals surface area contributed by atoms with Gasteiger partial charge in [-0.25, -0.2) is 0 Å². The molecule has 2 fully saturated rings. The van der Waals surface area contributed by atoms with Gasteiger partial charge >= 0.3 is 0 Å². The maximum absolute atomic E-state index is 13.2. The van der Waals surface area contributed by atoms with E-state index in [1.54, 1.807) is 0 Å². The Bertz CT molecular complexity index is 1520. The van der Waals surface area contributed by atoms with Gasteiger partial charge in [0.1, 0.15) is 15.8 Å². The van der Waals surface area contributed by atoms with Crippen LogP contribution in [0, 0.1) is 11.8 Å². The largest absolute Gasteiger partial charge is 0.316 e. The van der Waals surface area contributed by atoms with Crippen LogP contribution in [0.1, 0.15) is 89.2 Å². The topological polar surface area (TPSA) is 23.6 Å². The van der Waals surface area contributed by atoms with E-state index in [-0.39, 0.29) is 11.1 Å². The first kappa shape index (κ1) is 36.1. The molecule has 4 atom stereocenters. The van der Waals surface area contributed by atoms with E-state index in [0.717, 1.165) is 82.8 Å². The second-order valence-electron chi connectivity index (χ2n) is 13.7. The molecule has 0 bridgehead atoms. The Labute approximate surface area is 316 Å². The summed E-state index contributed by atoms with van der Waals surface area (Å²) in [5.41, 5.74) is 1.74. The third-order valence-corrected chi connectivity index (χ3v) is 14.4. The van der Waals surface area contributed by atoms with E-state index >= 15 is 0 Å². The highest BCUT2D eigenvalue weighted by Gasteiger charge is 2.45. The number of ketones is 1. The summed E-state index contributed by atoms with van der Waals surface area (Å²) >= 11 is 27.9. The molecule has 48 heavy (non-hydrogen) atoms. The fourth-order valence-corrected chi connectivity index (χ4v) is 12.6. The number of hydrogen-bond donors (Lipinski definition) is 0. The number of fused-ring (bicyclic) bond motifs is 2. The number of thiocarbonyl (C=S) groups is 4. The minimum Gasteiger partial charge on any atom is -0.316 e. The molecule has 3 nitrogen and oxygen atoms in total. The summed E-state index contributed by atoms with van der Waals surface area (Å²) in [4.78, 5) is 23.9. The van der Waals surface area contributed by atoms with E-state index in [9.17, 15) is 4.79 Å². The number of carbonyl (C=O) groups excluding carboxylic acids is 1. The number of benzene rings is 2. The van der Waals surface area contributed by atoms with Crippen molar-refractivity contribution in [1.82, 2.24) is 9.80 Å². The number of Topliss-reactive ketones (excluding diaryl/α,β-unsaturated/α-hetero) is 1. The lowest BCUT2D eigenvalue weighted by Crippen LogP contribution is -2.53. The molecule has 0 aromatic heterocycles. The maximum Gasteiger partial charge on any atom is 0.132 e. The molecule has 4 aliphatic heterocycles. The zero-order valence-electron chi connectivity index (χ0n) is 27.8. The highest BCUT2D eigenvalue weighted by Crippen LogP contribution is 2.47. The summed E-state index contributed by atoms with van der Waals surface area (Å²) < 4.78 is 0. The van der Waals surface area contributed by atoms with Gasteiger partial charge in [-0.1, -0.05) is 122 Å². The maximum atomic E-state index is 13.2. The Morgan fingerprint density at radius 3 is 1.46 bits per heavy atom. The van der Waals surface area contributed by atoms with E-state index in [1.807, 2.05) is 23.5 Å². The molecule has 252 valence electrons. The third-order valence-electron chi connectivity index (χ3n) is 10.6. The molecule has 6 rings (SSSR count). The van der Waals surface area contributed by atoms with Crippen LogP contribution >= 0.6 is 72.4 Å². The average Bonchev–Trinajstić information content (AvgIpc) is 3.76.